The second-order valence-electron chi connectivity index (χ2n) is 9.63. The number of carbonyl (C=O) groups excluding carboxylic acids is 2. The molecule has 11 heteroatoms. The molecule has 2 atom stereocenters. The summed E-state index contributed by atoms with van der Waals surface area (Å²) in [5.74, 6) is -3.37. The number of aromatic nitrogens is 2. The molecule has 4 rings (SSSR count). The van der Waals surface area contributed by atoms with Crippen molar-refractivity contribution in [3.63, 3.8) is 0 Å². The van der Waals surface area contributed by atoms with E-state index in [0.717, 1.165) is 6.20 Å². The van der Waals surface area contributed by atoms with E-state index in [1.165, 1.54) is 33.8 Å². The Morgan fingerprint density at radius 2 is 1.72 bits per heavy atom. The van der Waals surface area contributed by atoms with E-state index in [4.69, 9.17) is 15.2 Å². The average Bonchev–Trinajstić information content (AvgIpc) is 2.90. The summed E-state index contributed by atoms with van der Waals surface area (Å²) in [5, 5.41) is 4.25. The second-order valence-corrected chi connectivity index (χ2v) is 9.63. The van der Waals surface area contributed by atoms with E-state index >= 15 is 0 Å². The summed E-state index contributed by atoms with van der Waals surface area (Å²) in [5.41, 5.74) is 6.02. The Balaban J connectivity index is 1.81. The number of hydrogen-bond acceptors (Lipinski definition) is 7. The zero-order valence-corrected chi connectivity index (χ0v) is 21.8. The molecule has 0 saturated carbocycles. The predicted molar refractivity (Wildman–Crippen MR) is 138 cm³/mol. The number of nitrogens with zero attached hydrogens (tertiary/aromatic N) is 3. The van der Waals surface area contributed by atoms with Crippen molar-refractivity contribution in [2.24, 2.45) is 11.7 Å². The first-order valence-electron chi connectivity index (χ1n) is 12.6. The van der Waals surface area contributed by atoms with Crippen LogP contribution in [0.5, 0.6) is 5.75 Å². The van der Waals surface area contributed by atoms with E-state index < -0.39 is 53.7 Å². The van der Waals surface area contributed by atoms with E-state index in [-0.39, 0.29) is 30.5 Å². The average molecular weight is 541 g/mol. The van der Waals surface area contributed by atoms with Gasteiger partial charge in [-0.3, -0.25) is 19.1 Å². The molecule has 0 fully saturated rings. The number of benzene rings is 2. The van der Waals surface area contributed by atoms with Gasteiger partial charge in [-0.2, -0.15) is 5.10 Å². The quantitative estimate of drug-likeness (QED) is 0.327. The summed E-state index contributed by atoms with van der Waals surface area (Å²) in [6, 6.07) is 10.3. The summed E-state index contributed by atoms with van der Waals surface area (Å²) < 4.78 is 40.7. The second kappa shape index (κ2) is 11.7. The number of rotatable bonds is 9. The zero-order chi connectivity index (χ0) is 28.3. The highest BCUT2D eigenvalue weighted by molar-refractivity contribution is 5.96. The van der Waals surface area contributed by atoms with Crippen molar-refractivity contribution in [2.45, 2.75) is 38.8 Å². The van der Waals surface area contributed by atoms with Crippen molar-refractivity contribution >= 4 is 11.9 Å². The number of esters is 1. The maximum Gasteiger partial charge on any atom is 0.326 e. The number of hydrogen-bond donors (Lipinski definition) is 1. The van der Waals surface area contributed by atoms with Gasteiger partial charge in [0.05, 0.1) is 12.2 Å². The Hall–Kier alpha value is -4.12. The summed E-state index contributed by atoms with van der Waals surface area (Å²) in [4.78, 5) is 39.9. The van der Waals surface area contributed by atoms with Crippen LogP contribution >= 0.6 is 0 Å². The molecule has 0 bridgehead atoms. The van der Waals surface area contributed by atoms with Gasteiger partial charge in [0.25, 0.3) is 5.91 Å². The van der Waals surface area contributed by atoms with Crippen molar-refractivity contribution < 1.29 is 27.8 Å². The molecule has 2 heterocycles. The molecule has 1 amide bonds. The monoisotopic (exact) mass is 540 g/mol. The van der Waals surface area contributed by atoms with Crippen LogP contribution in [-0.2, 0) is 9.53 Å². The topological polar surface area (TPSA) is 117 Å². The molecule has 0 radical (unpaired) electrons. The fourth-order valence-electron chi connectivity index (χ4n) is 4.64. The van der Waals surface area contributed by atoms with Crippen LogP contribution in [0.15, 0.2) is 59.5 Å². The van der Waals surface area contributed by atoms with Gasteiger partial charge in [-0.05, 0) is 48.2 Å². The molecule has 39 heavy (non-hydrogen) atoms. The lowest BCUT2D eigenvalue weighted by molar-refractivity contribution is -0.152. The molecule has 0 spiro atoms. The number of halogens is 2. The van der Waals surface area contributed by atoms with E-state index in [0.29, 0.717) is 11.1 Å². The number of amides is 1. The Kier molecular flexibility index (Phi) is 8.39. The first-order chi connectivity index (χ1) is 18.6. The SMILES string of the molecule is CCN1CC(C(c2cccc(F)c2)c2cccc(F)c2)n2ncc(=O)c(OCOC(=O)C(N)C(C)C)c2C1=O. The van der Waals surface area contributed by atoms with Crippen LogP contribution in [0, 0.1) is 17.6 Å². The molecule has 9 nitrogen and oxygen atoms in total. The van der Waals surface area contributed by atoms with Gasteiger partial charge in [0, 0.05) is 19.0 Å². The van der Waals surface area contributed by atoms with Crippen LogP contribution in [-0.4, -0.2) is 52.5 Å². The first kappa shape index (κ1) is 27.9. The van der Waals surface area contributed by atoms with Crippen LogP contribution in [0.4, 0.5) is 8.78 Å². The lowest BCUT2D eigenvalue weighted by Crippen LogP contribution is -2.47. The molecule has 3 aromatic rings. The number of nitrogens with two attached hydrogens (primary N) is 1. The van der Waals surface area contributed by atoms with Crippen molar-refractivity contribution in [1.82, 2.24) is 14.7 Å². The highest BCUT2D eigenvalue weighted by atomic mass is 19.1. The Morgan fingerprint density at radius 1 is 1.10 bits per heavy atom. The van der Waals surface area contributed by atoms with E-state index in [2.05, 4.69) is 5.10 Å². The third-order valence-electron chi connectivity index (χ3n) is 6.76. The number of fused-ring (bicyclic) bond motifs is 1. The fourth-order valence-corrected chi connectivity index (χ4v) is 4.64. The highest BCUT2D eigenvalue weighted by Crippen LogP contribution is 2.39. The summed E-state index contributed by atoms with van der Waals surface area (Å²) >= 11 is 0. The molecule has 0 aliphatic carbocycles. The van der Waals surface area contributed by atoms with E-state index in [1.54, 1.807) is 45.0 Å². The number of ether oxygens (including phenoxy) is 2. The lowest BCUT2D eigenvalue weighted by Gasteiger charge is -2.39. The van der Waals surface area contributed by atoms with E-state index in [1.807, 2.05) is 0 Å². The standard InChI is InChI=1S/C28H30F2N4O5/c1-4-33-14-21(23(17-7-5-9-19(29)11-17)18-8-6-10-20(30)12-18)34-25(27(33)36)26(22(35)13-32-34)38-15-39-28(37)24(31)16(2)3/h5-13,16,21,23-24H,4,14-15,31H2,1-3H3. The number of carbonyl (C=O) groups is 2. The van der Waals surface area contributed by atoms with Crippen molar-refractivity contribution in [3.8, 4) is 5.75 Å². The highest BCUT2D eigenvalue weighted by Gasteiger charge is 2.40. The van der Waals surface area contributed by atoms with Gasteiger partial charge in [-0.25, -0.2) is 8.78 Å². The van der Waals surface area contributed by atoms with Crippen LogP contribution in [0.2, 0.25) is 0 Å². The van der Waals surface area contributed by atoms with Gasteiger partial charge in [-0.15, -0.1) is 0 Å². The predicted octanol–water partition coefficient (Wildman–Crippen LogP) is 3.23. The maximum atomic E-state index is 14.3. The minimum absolute atomic E-state index is 0.146. The Morgan fingerprint density at radius 3 is 2.26 bits per heavy atom. The molecule has 2 aromatic carbocycles. The molecule has 1 aromatic heterocycles. The molecule has 0 saturated heterocycles. The van der Waals surface area contributed by atoms with Crippen molar-refractivity contribution in [3.05, 3.63) is 93.4 Å². The van der Waals surface area contributed by atoms with Crippen LogP contribution in [0.3, 0.4) is 0 Å². The Labute approximate surface area is 224 Å². The molecule has 2 N–H and O–H groups in total. The third kappa shape index (κ3) is 5.83. The molecule has 1 aliphatic heterocycles. The van der Waals surface area contributed by atoms with Gasteiger partial charge < -0.3 is 20.1 Å². The van der Waals surface area contributed by atoms with Crippen LogP contribution in [0.25, 0.3) is 0 Å². The third-order valence-corrected chi connectivity index (χ3v) is 6.76. The fraction of sp³-hybridized carbons (Fsp3) is 0.357. The van der Waals surface area contributed by atoms with Gasteiger partial charge in [0.1, 0.15) is 17.7 Å². The largest absolute Gasteiger partial charge is 0.451 e. The molecule has 2 unspecified atom stereocenters. The van der Waals surface area contributed by atoms with Crippen LogP contribution < -0.4 is 15.9 Å². The minimum Gasteiger partial charge on any atom is -0.451 e. The summed E-state index contributed by atoms with van der Waals surface area (Å²) in [7, 11) is 0. The van der Waals surface area contributed by atoms with Gasteiger partial charge >= 0.3 is 5.97 Å². The zero-order valence-electron chi connectivity index (χ0n) is 21.8. The van der Waals surface area contributed by atoms with Gasteiger partial charge in [0.2, 0.25) is 18.0 Å². The molecule has 1 aliphatic rings. The Bertz CT molecular complexity index is 1380. The maximum absolute atomic E-state index is 14.3. The molecular weight excluding hydrogens is 510 g/mol. The van der Waals surface area contributed by atoms with E-state index in [9.17, 15) is 23.2 Å². The summed E-state index contributed by atoms with van der Waals surface area (Å²) in [6.45, 7) is 5.07. The summed E-state index contributed by atoms with van der Waals surface area (Å²) in [6.07, 6.45) is 0.997. The normalized spacial score (nSPS) is 15.8. The van der Waals surface area contributed by atoms with Crippen molar-refractivity contribution in [1.29, 1.82) is 0 Å². The molecule has 206 valence electrons. The van der Waals surface area contributed by atoms with Crippen molar-refractivity contribution in [2.75, 3.05) is 19.9 Å². The smallest absolute Gasteiger partial charge is 0.326 e. The first-order valence-corrected chi connectivity index (χ1v) is 12.6. The number of likely N-dealkylation sites (N-methyl/N-ethyl adjacent to an activating group) is 1. The lowest BCUT2D eigenvalue weighted by atomic mass is 9.83. The minimum atomic E-state index is -0.888. The van der Waals surface area contributed by atoms with Crippen LogP contribution in [0.1, 0.15) is 54.3 Å². The van der Waals surface area contributed by atoms with Gasteiger partial charge in [-0.1, -0.05) is 38.1 Å². The molecular formula is C28H30F2N4O5. The van der Waals surface area contributed by atoms with Gasteiger partial charge in [0.15, 0.2) is 5.69 Å².